The van der Waals surface area contributed by atoms with Crippen molar-refractivity contribution in [3.05, 3.63) is 71.8 Å². The minimum absolute atomic E-state index is 0.256. The highest BCUT2D eigenvalue weighted by molar-refractivity contribution is 5.69. The van der Waals surface area contributed by atoms with Gasteiger partial charge in [0.25, 0.3) is 0 Å². The van der Waals surface area contributed by atoms with Gasteiger partial charge >= 0.3 is 0 Å². The Morgan fingerprint density at radius 3 is 1.36 bits per heavy atom. The minimum atomic E-state index is 0.256. The molecular weight excluding hydrogens is 168 g/mol. The third-order valence-electron chi connectivity index (χ3n) is 1.90. The van der Waals surface area contributed by atoms with Crippen LogP contribution in [0, 0.1) is 0 Å². The summed E-state index contributed by atoms with van der Waals surface area (Å²) in [4.78, 5) is 0. The molecule has 0 atom stereocenters. The Balaban J connectivity index is 2.43. The van der Waals surface area contributed by atoms with Crippen LogP contribution < -0.4 is 0 Å². The van der Waals surface area contributed by atoms with Gasteiger partial charge in [-0.15, -0.1) is 0 Å². The molecule has 0 amide bonds. The first kappa shape index (κ1) is 6.61. The number of benzene rings is 2. The van der Waals surface area contributed by atoms with E-state index < -0.39 is 0 Å². The van der Waals surface area contributed by atoms with Crippen LogP contribution in [0.2, 0.25) is 0 Å². The molecule has 0 N–H and O–H groups in total. The summed E-state index contributed by atoms with van der Waals surface area (Å²) in [7, 11) is 0. The second kappa shape index (κ2) is 4.43. The first-order valence-electron chi connectivity index (χ1n) is 5.57. The van der Waals surface area contributed by atoms with Gasteiger partial charge in [-0.25, -0.2) is 0 Å². The molecule has 0 saturated heterocycles. The van der Waals surface area contributed by atoms with Crippen molar-refractivity contribution in [1.82, 2.24) is 0 Å². The highest BCUT2D eigenvalue weighted by Crippen LogP contribution is 2.06. The Morgan fingerprint density at radius 2 is 1.00 bits per heavy atom. The molecule has 0 spiro atoms. The maximum atomic E-state index is 7.95. The molecule has 2 aromatic carbocycles. The third-order valence-corrected chi connectivity index (χ3v) is 1.90. The molecule has 0 aliphatic heterocycles. The fraction of sp³-hybridized carbons (Fsp3) is 0. The number of rotatable bonds is 2. The SMILES string of the molecule is [3H]/C(=C(\[3H])c1ccccc1)c1ccccc1. The summed E-state index contributed by atoms with van der Waals surface area (Å²) in [6, 6.07) is 19.2. The van der Waals surface area contributed by atoms with Crippen molar-refractivity contribution in [1.29, 1.82) is 0 Å². The topological polar surface area (TPSA) is 0 Å². The predicted octanol–water partition coefficient (Wildman–Crippen LogP) is 3.86. The van der Waals surface area contributed by atoms with Gasteiger partial charge < -0.3 is 0 Å². The summed E-state index contributed by atoms with van der Waals surface area (Å²) in [5, 5.41) is 0. The summed E-state index contributed by atoms with van der Waals surface area (Å²) in [5.74, 6) is 0. The zero-order chi connectivity index (χ0) is 11.4. The van der Waals surface area contributed by atoms with E-state index in [2.05, 4.69) is 0 Å². The Hall–Kier alpha value is -1.82. The molecular formula is C14H12. The van der Waals surface area contributed by atoms with Crippen LogP contribution in [0.4, 0.5) is 0 Å². The average molecular weight is 184 g/mol. The lowest BCUT2D eigenvalue weighted by Gasteiger charge is -1.92. The molecule has 14 heavy (non-hydrogen) atoms. The van der Waals surface area contributed by atoms with Crippen molar-refractivity contribution >= 4 is 12.1 Å². The van der Waals surface area contributed by atoms with Crippen LogP contribution in [0.1, 0.15) is 13.9 Å². The van der Waals surface area contributed by atoms with Crippen molar-refractivity contribution in [2.24, 2.45) is 0 Å². The highest BCUT2D eigenvalue weighted by Gasteiger charge is 1.84. The summed E-state index contributed by atoms with van der Waals surface area (Å²) >= 11 is 0. The van der Waals surface area contributed by atoms with E-state index in [1.807, 2.05) is 60.7 Å². The van der Waals surface area contributed by atoms with E-state index in [4.69, 9.17) is 2.74 Å². The van der Waals surface area contributed by atoms with Crippen molar-refractivity contribution in [3.8, 4) is 0 Å². The van der Waals surface area contributed by atoms with E-state index in [-0.39, 0.29) is 12.1 Å². The van der Waals surface area contributed by atoms with Gasteiger partial charge in [-0.2, -0.15) is 0 Å². The standard InChI is InChI=1S/C14H12/c1-3-7-13(8-4-1)11-12-14-9-5-2-6-10-14/h1-12H/b12-11-/i11T,12T. The smallest absolute Gasteiger partial charge is 0.0622 e. The third kappa shape index (κ3) is 2.33. The Morgan fingerprint density at radius 1 is 0.643 bits per heavy atom. The van der Waals surface area contributed by atoms with Crippen LogP contribution >= 0.6 is 0 Å². The van der Waals surface area contributed by atoms with Crippen molar-refractivity contribution < 1.29 is 2.74 Å². The molecule has 0 radical (unpaired) electrons. The van der Waals surface area contributed by atoms with Crippen molar-refractivity contribution in [2.45, 2.75) is 0 Å². The first-order chi connectivity index (χ1) is 7.79. The molecule has 0 nitrogen and oxygen atoms in total. The molecule has 68 valence electrons. The molecule has 0 saturated carbocycles. The van der Waals surface area contributed by atoms with Gasteiger partial charge in [-0.3, -0.25) is 0 Å². The Labute approximate surface area is 87.3 Å². The monoisotopic (exact) mass is 184 g/mol. The molecule has 0 fully saturated rings. The van der Waals surface area contributed by atoms with Crippen LogP contribution in [0.25, 0.3) is 12.1 Å². The van der Waals surface area contributed by atoms with E-state index in [9.17, 15) is 0 Å². The van der Waals surface area contributed by atoms with Crippen LogP contribution in [-0.4, -0.2) is 0 Å². The molecule has 0 aliphatic carbocycles. The van der Waals surface area contributed by atoms with Crippen molar-refractivity contribution in [2.75, 3.05) is 0 Å². The van der Waals surface area contributed by atoms with E-state index in [1.165, 1.54) is 0 Å². The van der Waals surface area contributed by atoms with Gasteiger partial charge in [0.05, 0.1) is 2.74 Å². The van der Waals surface area contributed by atoms with E-state index in [1.54, 1.807) is 0 Å². The predicted molar refractivity (Wildman–Crippen MR) is 61.8 cm³/mol. The second-order valence-electron chi connectivity index (χ2n) is 2.98. The quantitative estimate of drug-likeness (QED) is 0.622. The Kier molecular flexibility index (Phi) is 2.09. The summed E-state index contributed by atoms with van der Waals surface area (Å²) in [6.45, 7) is 0. The summed E-state index contributed by atoms with van der Waals surface area (Å²) < 4.78 is 15.9. The minimum Gasteiger partial charge on any atom is -0.0622 e. The normalized spacial score (nSPS) is 14.0. The molecule has 0 unspecified atom stereocenters. The van der Waals surface area contributed by atoms with Gasteiger partial charge in [0, 0.05) is 0 Å². The summed E-state index contributed by atoms with van der Waals surface area (Å²) in [5.41, 5.74) is 1.55. The molecule has 0 bridgehead atoms. The zero-order valence-electron chi connectivity index (χ0n) is 9.77. The maximum absolute atomic E-state index is 7.95. The van der Waals surface area contributed by atoms with Crippen LogP contribution in [0.15, 0.2) is 60.7 Å². The largest absolute Gasteiger partial charge is 0.0629 e. The molecule has 2 rings (SSSR count). The number of hydrogen-bond acceptors (Lipinski definition) is 0. The van der Waals surface area contributed by atoms with Gasteiger partial charge in [-0.05, 0) is 11.1 Å². The van der Waals surface area contributed by atoms with E-state index in [0.29, 0.717) is 0 Å². The lowest BCUT2D eigenvalue weighted by Crippen LogP contribution is -1.70. The second-order valence-corrected chi connectivity index (χ2v) is 2.98. The highest BCUT2D eigenvalue weighted by atomic mass is 13.9. The van der Waals surface area contributed by atoms with Gasteiger partial charge in [-0.1, -0.05) is 72.8 Å². The fourth-order valence-electron chi connectivity index (χ4n) is 1.19. The van der Waals surface area contributed by atoms with Crippen LogP contribution in [0.5, 0.6) is 0 Å². The lowest BCUT2D eigenvalue weighted by atomic mass is 10.1. The lowest BCUT2D eigenvalue weighted by molar-refractivity contribution is 1.65. The van der Waals surface area contributed by atoms with Crippen molar-refractivity contribution in [3.63, 3.8) is 0 Å². The molecule has 0 heterocycles. The Bertz CT molecular complexity index is 439. The molecule has 0 aromatic heterocycles. The van der Waals surface area contributed by atoms with E-state index >= 15 is 0 Å². The fourth-order valence-corrected chi connectivity index (χ4v) is 1.19. The zero-order valence-corrected chi connectivity index (χ0v) is 7.77. The number of hydrogen-bond donors (Lipinski definition) is 0. The molecule has 2 aromatic rings. The first-order valence-corrected chi connectivity index (χ1v) is 4.57. The maximum Gasteiger partial charge on any atom is 0.0629 e. The average Bonchev–Trinajstić information content (AvgIpc) is 2.39. The van der Waals surface area contributed by atoms with Gasteiger partial charge in [0.1, 0.15) is 0 Å². The van der Waals surface area contributed by atoms with Crippen LogP contribution in [0.3, 0.4) is 0 Å². The van der Waals surface area contributed by atoms with Gasteiger partial charge in [0.15, 0.2) is 0 Å². The van der Waals surface area contributed by atoms with Gasteiger partial charge in [0.2, 0.25) is 0 Å². The molecule has 0 heteroatoms. The summed E-state index contributed by atoms with van der Waals surface area (Å²) in [6.07, 6.45) is 0. The van der Waals surface area contributed by atoms with Crippen LogP contribution in [-0.2, 0) is 0 Å². The van der Waals surface area contributed by atoms with E-state index in [0.717, 1.165) is 11.1 Å². The molecule has 0 aliphatic rings.